The number of nitrogens with two attached hydrogens (primary N) is 1. The van der Waals surface area contributed by atoms with E-state index in [0.717, 1.165) is 12.8 Å². The van der Waals surface area contributed by atoms with E-state index in [9.17, 15) is 4.39 Å². The summed E-state index contributed by atoms with van der Waals surface area (Å²) in [5, 5.41) is 0.0798. The highest BCUT2D eigenvalue weighted by Gasteiger charge is 2.07. The van der Waals surface area contributed by atoms with Crippen LogP contribution in [0.15, 0.2) is 16.6 Å². The SMILES string of the molecule is NCCCCOc1cc(F)c(Cl)cc1Br. The van der Waals surface area contributed by atoms with Crippen molar-refractivity contribution in [2.75, 3.05) is 13.2 Å². The molecule has 0 saturated carbocycles. The molecule has 0 aromatic heterocycles. The number of ether oxygens (including phenoxy) is 1. The van der Waals surface area contributed by atoms with Gasteiger partial charge >= 0.3 is 0 Å². The summed E-state index contributed by atoms with van der Waals surface area (Å²) >= 11 is 8.84. The Bertz CT molecular complexity index is 335. The van der Waals surface area contributed by atoms with Crippen molar-refractivity contribution in [1.82, 2.24) is 0 Å². The fourth-order valence-corrected chi connectivity index (χ4v) is 1.80. The molecule has 5 heteroatoms. The Labute approximate surface area is 102 Å². The summed E-state index contributed by atoms with van der Waals surface area (Å²) in [7, 11) is 0. The van der Waals surface area contributed by atoms with Crippen LogP contribution >= 0.6 is 27.5 Å². The molecule has 0 spiro atoms. The quantitative estimate of drug-likeness (QED) is 0.668. The van der Waals surface area contributed by atoms with Gasteiger partial charge in [-0.3, -0.25) is 0 Å². The molecule has 0 atom stereocenters. The van der Waals surface area contributed by atoms with Gasteiger partial charge in [0, 0.05) is 6.07 Å². The third-order valence-corrected chi connectivity index (χ3v) is 2.74. The average molecular weight is 297 g/mol. The minimum atomic E-state index is -0.478. The molecular weight excluding hydrogens is 284 g/mol. The zero-order chi connectivity index (χ0) is 11.3. The molecule has 0 aliphatic heterocycles. The molecule has 1 aromatic rings. The van der Waals surface area contributed by atoms with E-state index in [4.69, 9.17) is 22.1 Å². The van der Waals surface area contributed by atoms with E-state index in [2.05, 4.69) is 15.9 Å². The molecule has 2 N–H and O–H groups in total. The zero-order valence-electron chi connectivity index (χ0n) is 8.10. The maximum atomic E-state index is 13.1. The van der Waals surface area contributed by atoms with Crippen LogP contribution in [-0.4, -0.2) is 13.2 Å². The van der Waals surface area contributed by atoms with Crippen molar-refractivity contribution >= 4 is 27.5 Å². The number of hydrogen-bond donors (Lipinski definition) is 1. The first kappa shape index (κ1) is 12.7. The molecule has 0 aliphatic rings. The third kappa shape index (κ3) is 3.97. The third-order valence-electron chi connectivity index (χ3n) is 1.83. The van der Waals surface area contributed by atoms with Gasteiger partial charge in [-0.15, -0.1) is 0 Å². The second kappa shape index (κ2) is 6.30. The molecule has 0 fully saturated rings. The number of unbranched alkanes of at least 4 members (excludes halogenated alkanes) is 1. The zero-order valence-corrected chi connectivity index (χ0v) is 10.4. The maximum absolute atomic E-state index is 13.1. The van der Waals surface area contributed by atoms with Crippen molar-refractivity contribution < 1.29 is 9.13 Å². The van der Waals surface area contributed by atoms with Gasteiger partial charge in [0.2, 0.25) is 0 Å². The summed E-state index contributed by atoms with van der Waals surface area (Å²) in [6, 6.07) is 2.75. The minimum Gasteiger partial charge on any atom is -0.492 e. The number of hydrogen-bond acceptors (Lipinski definition) is 2. The van der Waals surface area contributed by atoms with Crippen molar-refractivity contribution in [3.8, 4) is 5.75 Å². The highest BCUT2D eigenvalue weighted by molar-refractivity contribution is 9.10. The Kier molecular flexibility index (Phi) is 5.36. The summed E-state index contributed by atoms with van der Waals surface area (Å²) < 4.78 is 19.1. The molecule has 0 amide bonds. The molecule has 0 unspecified atom stereocenters. The number of rotatable bonds is 5. The van der Waals surface area contributed by atoms with Gasteiger partial charge in [0.1, 0.15) is 11.6 Å². The van der Waals surface area contributed by atoms with Crippen molar-refractivity contribution in [1.29, 1.82) is 0 Å². The van der Waals surface area contributed by atoms with Crippen LogP contribution in [0, 0.1) is 5.82 Å². The Balaban J connectivity index is 2.57. The molecule has 1 rings (SSSR count). The van der Waals surface area contributed by atoms with E-state index in [1.54, 1.807) is 0 Å². The van der Waals surface area contributed by atoms with Crippen molar-refractivity contribution in [3.63, 3.8) is 0 Å². The fourth-order valence-electron chi connectivity index (χ4n) is 1.04. The molecular formula is C10H12BrClFNO. The normalized spacial score (nSPS) is 10.4. The van der Waals surface area contributed by atoms with E-state index in [1.807, 2.05) is 0 Å². The van der Waals surface area contributed by atoms with Crippen molar-refractivity contribution in [2.45, 2.75) is 12.8 Å². The Morgan fingerprint density at radius 1 is 1.40 bits per heavy atom. The standard InChI is InChI=1S/C10H12BrClFNO/c11-7-5-8(12)9(13)6-10(7)15-4-2-1-3-14/h5-6H,1-4,14H2. The second-order valence-electron chi connectivity index (χ2n) is 3.04. The summed E-state index contributed by atoms with van der Waals surface area (Å²) in [5.74, 6) is -0.0115. The molecule has 1 aromatic carbocycles. The van der Waals surface area contributed by atoms with Crippen molar-refractivity contribution in [2.24, 2.45) is 5.73 Å². The van der Waals surface area contributed by atoms with Crippen LogP contribution in [0.2, 0.25) is 5.02 Å². The van der Waals surface area contributed by atoms with Gasteiger partial charge < -0.3 is 10.5 Å². The van der Waals surface area contributed by atoms with Crippen molar-refractivity contribution in [3.05, 3.63) is 27.4 Å². The molecule has 2 nitrogen and oxygen atoms in total. The second-order valence-corrected chi connectivity index (χ2v) is 4.30. The van der Waals surface area contributed by atoms with E-state index >= 15 is 0 Å². The first-order valence-corrected chi connectivity index (χ1v) is 5.79. The van der Waals surface area contributed by atoms with Gasteiger partial charge in [0.15, 0.2) is 0 Å². The maximum Gasteiger partial charge on any atom is 0.145 e. The Morgan fingerprint density at radius 3 is 2.80 bits per heavy atom. The van der Waals surface area contributed by atoms with E-state index < -0.39 is 5.82 Å². The highest BCUT2D eigenvalue weighted by atomic mass is 79.9. The van der Waals surface area contributed by atoms with Crippen LogP contribution in [0.25, 0.3) is 0 Å². The molecule has 0 aliphatic carbocycles. The highest BCUT2D eigenvalue weighted by Crippen LogP contribution is 2.30. The van der Waals surface area contributed by atoms with Gasteiger partial charge in [0.05, 0.1) is 16.1 Å². The molecule has 0 saturated heterocycles. The van der Waals surface area contributed by atoms with E-state index in [-0.39, 0.29) is 5.02 Å². The monoisotopic (exact) mass is 295 g/mol. The first-order valence-electron chi connectivity index (χ1n) is 4.62. The smallest absolute Gasteiger partial charge is 0.145 e. The Morgan fingerprint density at radius 2 is 2.13 bits per heavy atom. The Hall–Kier alpha value is -0.320. The van der Waals surface area contributed by atoms with Crippen LogP contribution in [0.1, 0.15) is 12.8 Å². The lowest BCUT2D eigenvalue weighted by molar-refractivity contribution is 0.304. The topological polar surface area (TPSA) is 35.2 Å². The predicted molar refractivity (Wildman–Crippen MR) is 62.9 cm³/mol. The lowest BCUT2D eigenvalue weighted by Crippen LogP contribution is -2.03. The lowest BCUT2D eigenvalue weighted by Gasteiger charge is -2.08. The van der Waals surface area contributed by atoms with Crippen LogP contribution < -0.4 is 10.5 Å². The van der Waals surface area contributed by atoms with Crippen LogP contribution in [0.3, 0.4) is 0 Å². The molecule has 0 bridgehead atoms. The molecule has 0 heterocycles. The molecule has 15 heavy (non-hydrogen) atoms. The summed E-state index contributed by atoms with van der Waals surface area (Å²) in [6.07, 6.45) is 1.75. The van der Waals surface area contributed by atoms with Gasteiger partial charge in [-0.2, -0.15) is 0 Å². The largest absolute Gasteiger partial charge is 0.492 e. The van der Waals surface area contributed by atoms with Gasteiger partial charge in [0.25, 0.3) is 0 Å². The van der Waals surface area contributed by atoms with E-state index in [1.165, 1.54) is 12.1 Å². The average Bonchev–Trinajstić information content (AvgIpc) is 2.20. The van der Waals surface area contributed by atoms with Crippen LogP contribution in [0.5, 0.6) is 5.75 Å². The van der Waals surface area contributed by atoms with Gasteiger partial charge in [-0.1, -0.05) is 11.6 Å². The minimum absolute atomic E-state index is 0.0798. The van der Waals surface area contributed by atoms with Gasteiger partial charge in [-0.25, -0.2) is 4.39 Å². The fraction of sp³-hybridized carbons (Fsp3) is 0.400. The summed E-state index contributed by atoms with van der Waals surface area (Å²) in [5.41, 5.74) is 5.34. The summed E-state index contributed by atoms with van der Waals surface area (Å²) in [4.78, 5) is 0. The van der Waals surface area contributed by atoms with Gasteiger partial charge in [-0.05, 0) is 41.4 Å². The summed E-state index contributed by atoms with van der Waals surface area (Å²) in [6.45, 7) is 1.16. The van der Waals surface area contributed by atoms with E-state index in [0.29, 0.717) is 23.4 Å². The van der Waals surface area contributed by atoms with Crippen LogP contribution in [-0.2, 0) is 0 Å². The predicted octanol–water partition coefficient (Wildman–Crippen LogP) is 3.36. The van der Waals surface area contributed by atoms with Crippen LogP contribution in [0.4, 0.5) is 4.39 Å². The lowest BCUT2D eigenvalue weighted by atomic mass is 10.3. The molecule has 84 valence electrons. The molecule has 0 radical (unpaired) electrons. The number of halogens is 3. The first-order chi connectivity index (χ1) is 7.15. The number of benzene rings is 1.